The number of H-pyrrole nitrogens is 1. The molecule has 2 N–H and O–H groups in total. The number of nitrogens with zero attached hydrogens (tertiary/aromatic N) is 4. The van der Waals surface area contributed by atoms with Crippen molar-refractivity contribution < 1.29 is 14.4 Å². The number of rotatable bonds is 9. The van der Waals surface area contributed by atoms with Crippen molar-refractivity contribution >= 4 is 28.8 Å². The summed E-state index contributed by atoms with van der Waals surface area (Å²) in [6.45, 7) is 4.39. The molecule has 1 aromatic carbocycles. The number of hydrogen-bond acceptors (Lipinski definition) is 6. The fraction of sp³-hybridized carbons (Fsp3) is 0.391. The van der Waals surface area contributed by atoms with Gasteiger partial charge in [0.2, 0.25) is 5.91 Å². The first-order chi connectivity index (χ1) is 15.5. The Kier molecular flexibility index (Phi) is 6.25. The summed E-state index contributed by atoms with van der Waals surface area (Å²) in [5, 5.41) is 3.08. The van der Waals surface area contributed by atoms with Gasteiger partial charge in [-0.1, -0.05) is 32.4 Å². The third kappa shape index (κ3) is 4.37. The van der Waals surface area contributed by atoms with Gasteiger partial charge in [-0.3, -0.25) is 19.3 Å². The van der Waals surface area contributed by atoms with Crippen LogP contribution in [0, 0.1) is 5.92 Å². The quantitative estimate of drug-likeness (QED) is 0.394. The zero-order valence-electron chi connectivity index (χ0n) is 18.2. The van der Waals surface area contributed by atoms with Crippen molar-refractivity contribution in [1.29, 1.82) is 0 Å². The van der Waals surface area contributed by atoms with Crippen LogP contribution in [0.2, 0.25) is 0 Å². The lowest BCUT2D eigenvalue weighted by atomic mass is 10.0. The molecule has 3 amide bonds. The molecule has 0 spiro atoms. The van der Waals surface area contributed by atoms with Gasteiger partial charge >= 0.3 is 0 Å². The van der Waals surface area contributed by atoms with Gasteiger partial charge in [0, 0.05) is 25.4 Å². The van der Waals surface area contributed by atoms with Crippen molar-refractivity contribution in [3.63, 3.8) is 0 Å². The maximum Gasteiger partial charge on any atom is 0.281 e. The summed E-state index contributed by atoms with van der Waals surface area (Å²) in [5.41, 5.74) is 2.05. The zero-order chi connectivity index (χ0) is 22.7. The minimum atomic E-state index is -0.401. The second kappa shape index (κ2) is 9.25. The van der Waals surface area contributed by atoms with E-state index in [0.29, 0.717) is 25.8 Å². The highest BCUT2D eigenvalue weighted by molar-refractivity contribution is 6.19. The first-order valence-corrected chi connectivity index (χ1v) is 10.9. The largest absolute Gasteiger partial charge is 0.346 e. The molecule has 9 heteroatoms. The van der Waals surface area contributed by atoms with Crippen LogP contribution in [0.4, 0.5) is 0 Å². The van der Waals surface area contributed by atoms with E-state index in [1.165, 1.54) is 17.3 Å². The Bertz CT molecular complexity index is 1090. The summed E-state index contributed by atoms with van der Waals surface area (Å²) in [4.78, 5) is 54.1. The normalized spacial score (nSPS) is 14.3. The van der Waals surface area contributed by atoms with Crippen molar-refractivity contribution in [2.24, 2.45) is 5.92 Å². The van der Waals surface area contributed by atoms with Crippen LogP contribution in [0.15, 0.2) is 36.7 Å². The Hall–Kier alpha value is -3.62. The smallest absolute Gasteiger partial charge is 0.281 e. The van der Waals surface area contributed by atoms with Gasteiger partial charge in [0.1, 0.15) is 5.82 Å². The fourth-order valence-corrected chi connectivity index (χ4v) is 3.85. The first-order valence-electron chi connectivity index (χ1n) is 10.9. The van der Waals surface area contributed by atoms with Crippen molar-refractivity contribution in [1.82, 2.24) is 30.2 Å². The standard InChI is InChI=1S/C23H26N6O3/c1-14(2)18(21-26-15-8-5-6-9-16(15)27-21)28-17(30)10-4-3-7-13-29-22(31)19-20(23(29)32)25-12-11-24-19/h5-6,8-9,11-12,14,18H,3-4,7,10,13H2,1-2H3,(H,26,27)(H,28,30). The van der Waals surface area contributed by atoms with E-state index >= 15 is 0 Å². The molecule has 0 saturated carbocycles. The first kappa shape index (κ1) is 21.6. The average molecular weight is 435 g/mol. The summed E-state index contributed by atoms with van der Waals surface area (Å²) in [6.07, 6.45) is 5.18. The Morgan fingerprint density at radius 2 is 1.72 bits per heavy atom. The molecule has 0 aliphatic carbocycles. The van der Waals surface area contributed by atoms with Crippen LogP contribution in [0.1, 0.15) is 72.4 Å². The number of hydrogen-bond donors (Lipinski definition) is 2. The summed E-state index contributed by atoms with van der Waals surface area (Å²) in [7, 11) is 0. The number of carbonyl (C=O) groups excluding carboxylic acids is 3. The third-order valence-electron chi connectivity index (χ3n) is 5.56. The Balaban J connectivity index is 1.24. The Morgan fingerprint density at radius 3 is 2.38 bits per heavy atom. The maximum atomic E-state index is 12.5. The van der Waals surface area contributed by atoms with E-state index in [1.54, 1.807) is 0 Å². The number of amides is 3. The third-order valence-corrected chi connectivity index (χ3v) is 5.56. The molecule has 4 rings (SSSR count). The summed E-state index contributed by atoms with van der Waals surface area (Å²) < 4.78 is 0. The minimum Gasteiger partial charge on any atom is -0.346 e. The molecule has 9 nitrogen and oxygen atoms in total. The van der Waals surface area contributed by atoms with E-state index in [2.05, 4.69) is 25.3 Å². The van der Waals surface area contributed by atoms with Crippen molar-refractivity contribution in [2.75, 3.05) is 6.54 Å². The minimum absolute atomic E-state index is 0.0433. The number of fused-ring (bicyclic) bond motifs is 2. The molecule has 0 radical (unpaired) electrons. The van der Waals surface area contributed by atoms with E-state index in [-0.39, 0.29) is 29.3 Å². The molecule has 166 valence electrons. The number of imidazole rings is 1. The van der Waals surface area contributed by atoms with Crippen molar-refractivity contribution in [2.45, 2.75) is 45.6 Å². The van der Waals surface area contributed by atoms with Gasteiger partial charge < -0.3 is 10.3 Å². The molecule has 3 aromatic rings. The molecule has 3 heterocycles. The van der Waals surface area contributed by atoms with Gasteiger partial charge in [-0.25, -0.2) is 15.0 Å². The van der Waals surface area contributed by atoms with Crippen LogP contribution >= 0.6 is 0 Å². The fourth-order valence-electron chi connectivity index (χ4n) is 3.85. The van der Waals surface area contributed by atoms with Crippen LogP contribution in [0.5, 0.6) is 0 Å². The number of carbonyl (C=O) groups is 3. The highest BCUT2D eigenvalue weighted by Gasteiger charge is 2.37. The number of para-hydroxylation sites is 2. The van der Waals surface area contributed by atoms with Gasteiger partial charge in [-0.15, -0.1) is 0 Å². The molecule has 32 heavy (non-hydrogen) atoms. The predicted octanol–water partition coefficient (Wildman–Crippen LogP) is 3.02. The van der Waals surface area contributed by atoms with Crippen LogP contribution < -0.4 is 5.32 Å². The lowest BCUT2D eigenvalue weighted by Gasteiger charge is -2.20. The van der Waals surface area contributed by atoms with Crippen molar-refractivity contribution in [3.8, 4) is 0 Å². The SMILES string of the molecule is CC(C)C(NC(=O)CCCCCN1C(=O)c2nccnc2C1=O)c1nc2ccccc2[nH]1. The average Bonchev–Trinajstić information content (AvgIpc) is 3.32. The van der Waals surface area contributed by atoms with Crippen LogP contribution in [0.25, 0.3) is 11.0 Å². The Morgan fingerprint density at radius 1 is 1.03 bits per heavy atom. The number of aromatic nitrogens is 4. The molecular weight excluding hydrogens is 408 g/mol. The molecule has 0 saturated heterocycles. The van der Waals surface area contributed by atoms with Gasteiger partial charge in [0.25, 0.3) is 11.8 Å². The number of benzene rings is 1. The molecule has 2 aromatic heterocycles. The molecule has 0 bridgehead atoms. The number of imide groups is 1. The number of aromatic amines is 1. The number of unbranched alkanes of at least 4 members (excludes halogenated alkanes) is 2. The van der Waals surface area contributed by atoms with E-state index < -0.39 is 11.8 Å². The second-order valence-corrected chi connectivity index (χ2v) is 8.25. The summed E-state index contributed by atoms with van der Waals surface area (Å²) >= 11 is 0. The lowest BCUT2D eigenvalue weighted by molar-refractivity contribution is -0.122. The monoisotopic (exact) mass is 434 g/mol. The highest BCUT2D eigenvalue weighted by atomic mass is 16.2. The van der Waals surface area contributed by atoms with Gasteiger partial charge in [0.15, 0.2) is 11.4 Å². The molecule has 1 aliphatic rings. The van der Waals surface area contributed by atoms with E-state index in [0.717, 1.165) is 23.3 Å². The van der Waals surface area contributed by atoms with Gasteiger partial charge in [-0.05, 0) is 30.9 Å². The van der Waals surface area contributed by atoms with Crippen molar-refractivity contribution in [3.05, 3.63) is 53.9 Å². The Labute approximate surface area is 185 Å². The molecule has 1 unspecified atom stereocenters. The lowest BCUT2D eigenvalue weighted by Crippen LogP contribution is -2.32. The predicted molar refractivity (Wildman–Crippen MR) is 118 cm³/mol. The second-order valence-electron chi connectivity index (χ2n) is 8.25. The molecule has 1 atom stereocenters. The highest BCUT2D eigenvalue weighted by Crippen LogP contribution is 2.23. The maximum absolute atomic E-state index is 12.5. The van der Waals surface area contributed by atoms with Gasteiger partial charge in [-0.2, -0.15) is 0 Å². The molecule has 0 fully saturated rings. The topological polar surface area (TPSA) is 121 Å². The summed E-state index contributed by atoms with van der Waals surface area (Å²) in [5.74, 6) is 0.0825. The van der Waals surface area contributed by atoms with Gasteiger partial charge in [0.05, 0.1) is 17.1 Å². The van der Waals surface area contributed by atoms with Crippen LogP contribution in [-0.4, -0.2) is 49.1 Å². The number of nitrogens with one attached hydrogen (secondary N) is 2. The van der Waals surface area contributed by atoms with E-state index in [1.807, 2.05) is 38.1 Å². The molecule has 1 aliphatic heterocycles. The van der Waals surface area contributed by atoms with E-state index in [4.69, 9.17) is 0 Å². The molecular formula is C23H26N6O3. The summed E-state index contributed by atoms with van der Waals surface area (Å²) in [6, 6.07) is 7.58. The van der Waals surface area contributed by atoms with Crippen LogP contribution in [0.3, 0.4) is 0 Å². The van der Waals surface area contributed by atoms with Crippen LogP contribution in [-0.2, 0) is 4.79 Å². The van der Waals surface area contributed by atoms with E-state index in [9.17, 15) is 14.4 Å². The zero-order valence-corrected chi connectivity index (χ0v) is 18.2.